The molecule has 1 heterocycles. The zero-order valence-electron chi connectivity index (χ0n) is 17.6. The third-order valence-electron chi connectivity index (χ3n) is 5.51. The van der Waals surface area contributed by atoms with Crippen LogP contribution in [-0.2, 0) is 4.79 Å². The predicted octanol–water partition coefficient (Wildman–Crippen LogP) is 5.93. The highest BCUT2D eigenvalue weighted by atomic mass is 79.9. The molecule has 0 unspecified atom stereocenters. The van der Waals surface area contributed by atoms with Crippen LogP contribution in [0.5, 0.6) is 0 Å². The average Bonchev–Trinajstić information content (AvgIpc) is 3.29. The lowest BCUT2D eigenvalue weighted by atomic mass is 9.95. The second kappa shape index (κ2) is 10.5. The smallest absolute Gasteiger partial charge is 0.268 e. The van der Waals surface area contributed by atoms with Gasteiger partial charge in [0.25, 0.3) is 11.8 Å². The van der Waals surface area contributed by atoms with Gasteiger partial charge in [-0.05, 0) is 49.2 Å². The number of furan rings is 1. The Bertz CT molecular complexity index is 1100. The number of rotatable bonds is 6. The van der Waals surface area contributed by atoms with Gasteiger partial charge in [0.15, 0.2) is 0 Å². The van der Waals surface area contributed by atoms with Gasteiger partial charge < -0.3 is 15.1 Å². The summed E-state index contributed by atoms with van der Waals surface area (Å²) in [7, 11) is 0. The van der Waals surface area contributed by atoms with Crippen LogP contribution in [0.25, 0.3) is 17.4 Å². The molecule has 3 aromatic rings. The minimum absolute atomic E-state index is 0.128. The van der Waals surface area contributed by atoms with Gasteiger partial charge in [0, 0.05) is 27.7 Å². The second-order valence-corrected chi connectivity index (χ2v) is 8.81. The third-order valence-corrected chi connectivity index (χ3v) is 6.04. The van der Waals surface area contributed by atoms with E-state index in [0.717, 1.165) is 35.7 Å². The summed E-state index contributed by atoms with van der Waals surface area (Å²) in [6.45, 7) is 0. The van der Waals surface area contributed by atoms with Crippen molar-refractivity contribution >= 4 is 33.8 Å². The van der Waals surface area contributed by atoms with E-state index in [2.05, 4.69) is 26.6 Å². The number of amides is 2. The Morgan fingerprint density at radius 1 is 0.906 bits per heavy atom. The lowest BCUT2D eigenvalue weighted by Crippen LogP contribution is -2.41. The van der Waals surface area contributed by atoms with E-state index in [0.29, 0.717) is 17.1 Å². The number of carbonyl (C=O) groups is 2. The van der Waals surface area contributed by atoms with Crippen LogP contribution in [0.2, 0.25) is 0 Å². The maximum Gasteiger partial charge on any atom is 0.268 e. The molecule has 4 rings (SSSR count). The number of carbonyl (C=O) groups excluding carboxylic acids is 2. The van der Waals surface area contributed by atoms with Crippen molar-refractivity contribution in [2.45, 2.75) is 38.1 Å². The van der Waals surface area contributed by atoms with Crippen molar-refractivity contribution in [3.8, 4) is 11.3 Å². The van der Waals surface area contributed by atoms with Crippen molar-refractivity contribution in [1.29, 1.82) is 0 Å². The quantitative estimate of drug-likeness (QED) is 0.419. The molecule has 1 aliphatic carbocycles. The molecule has 2 N–H and O–H groups in total. The van der Waals surface area contributed by atoms with Crippen molar-refractivity contribution < 1.29 is 14.0 Å². The first-order valence-electron chi connectivity index (χ1n) is 10.8. The fourth-order valence-electron chi connectivity index (χ4n) is 3.79. The summed E-state index contributed by atoms with van der Waals surface area (Å²) in [5, 5.41) is 5.84. The van der Waals surface area contributed by atoms with Gasteiger partial charge in [0.2, 0.25) is 0 Å². The van der Waals surface area contributed by atoms with E-state index in [4.69, 9.17) is 4.42 Å². The summed E-state index contributed by atoms with van der Waals surface area (Å²) < 4.78 is 6.93. The molecule has 2 amide bonds. The van der Waals surface area contributed by atoms with Gasteiger partial charge >= 0.3 is 0 Å². The van der Waals surface area contributed by atoms with Gasteiger partial charge in [0.05, 0.1) is 0 Å². The van der Waals surface area contributed by atoms with Crippen LogP contribution in [-0.4, -0.2) is 17.9 Å². The van der Waals surface area contributed by atoms with Gasteiger partial charge in [-0.25, -0.2) is 0 Å². The molecule has 2 aromatic carbocycles. The molecule has 0 aliphatic heterocycles. The number of halogens is 1. The summed E-state index contributed by atoms with van der Waals surface area (Å²) in [5.41, 5.74) is 1.58. The Kier molecular flexibility index (Phi) is 7.22. The molecule has 1 saturated carbocycles. The van der Waals surface area contributed by atoms with Gasteiger partial charge in [-0.1, -0.05) is 65.5 Å². The number of hydrogen-bond donors (Lipinski definition) is 2. The minimum atomic E-state index is -0.338. The molecule has 0 atom stereocenters. The van der Waals surface area contributed by atoms with Crippen molar-refractivity contribution in [2.75, 3.05) is 0 Å². The highest BCUT2D eigenvalue weighted by Gasteiger charge is 2.20. The van der Waals surface area contributed by atoms with E-state index < -0.39 is 0 Å². The maximum atomic E-state index is 13.1. The van der Waals surface area contributed by atoms with E-state index in [1.165, 1.54) is 6.42 Å². The topological polar surface area (TPSA) is 71.3 Å². The summed E-state index contributed by atoms with van der Waals surface area (Å²) in [5.74, 6) is 0.536. The Morgan fingerprint density at radius 2 is 1.62 bits per heavy atom. The van der Waals surface area contributed by atoms with Gasteiger partial charge in [-0.3, -0.25) is 9.59 Å². The summed E-state index contributed by atoms with van der Waals surface area (Å²) >= 11 is 3.43. The Labute approximate surface area is 196 Å². The highest BCUT2D eigenvalue weighted by molar-refractivity contribution is 9.10. The van der Waals surface area contributed by atoms with Crippen molar-refractivity contribution in [1.82, 2.24) is 10.6 Å². The molecule has 0 bridgehead atoms. The SMILES string of the molecule is O=C(NC1CCCCC1)C(=Cc1ccc(-c2ccc(Br)cc2)o1)NC(=O)c1ccccc1. The molecule has 0 spiro atoms. The largest absolute Gasteiger partial charge is 0.457 e. The lowest BCUT2D eigenvalue weighted by Gasteiger charge is -2.23. The number of benzene rings is 2. The molecule has 0 saturated heterocycles. The number of nitrogens with one attached hydrogen (secondary N) is 2. The standard InChI is InChI=1S/C26H25BrN2O3/c27-20-13-11-18(12-14-20)24-16-15-22(32-24)17-23(26(31)28-21-9-5-2-6-10-21)29-25(30)19-7-3-1-4-8-19/h1,3-4,7-8,11-17,21H,2,5-6,9-10H2,(H,28,31)(H,29,30). The molecule has 164 valence electrons. The second-order valence-electron chi connectivity index (χ2n) is 7.90. The molecule has 1 aliphatic rings. The summed E-state index contributed by atoms with van der Waals surface area (Å²) in [6, 6.07) is 20.4. The Hall–Kier alpha value is -3.12. The summed E-state index contributed by atoms with van der Waals surface area (Å²) in [4.78, 5) is 25.8. The van der Waals surface area contributed by atoms with Crippen molar-refractivity contribution in [3.05, 3.63) is 88.2 Å². The van der Waals surface area contributed by atoms with E-state index >= 15 is 0 Å². The normalized spacial score (nSPS) is 14.7. The first-order chi connectivity index (χ1) is 15.6. The summed E-state index contributed by atoms with van der Waals surface area (Å²) in [6.07, 6.45) is 6.91. The van der Waals surface area contributed by atoms with E-state index in [9.17, 15) is 9.59 Å². The zero-order valence-corrected chi connectivity index (χ0v) is 19.2. The van der Waals surface area contributed by atoms with E-state index in [1.54, 1.807) is 36.4 Å². The molecule has 1 fully saturated rings. The fourth-order valence-corrected chi connectivity index (χ4v) is 4.06. The Balaban J connectivity index is 1.57. The average molecular weight is 493 g/mol. The van der Waals surface area contributed by atoms with Crippen LogP contribution in [0, 0.1) is 0 Å². The first-order valence-corrected chi connectivity index (χ1v) is 11.6. The van der Waals surface area contributed by atoms with Gasteiger partial charge in [0.1, 0.15) is 17.2 Å². The minimum Gasteiger partial charge on any atom is -0.457 e. The molecule has 6 heteroatoms. The maximum absolute atomic E-state index is 13.1. The highest BCUT2D eigenvalue weighted by Crippen LogP contribution is 2.25. The molecule has 32 heavy (non-hydrogen) atoms. The van der Waals surface area contributed by atoms with Crippen molar-refractivity contribution in [3.63, 3.8) is 0 Å². The van der Waals surface area contributed by atoms with Gasteiger partial charge in [-0.15, -0.1) is 0 Å². The lowest BCUT2D eigenvalue weighted by molar-refractivity contribution is -0.118. The van der Waals surface area contributed by atoms with Crippen LogP contribution >= 0.6 is 15.9 Å². The predicted molar refractivity (Wildman–Crippen MR) is 129 cm³/mol. The molecule has 1 aromatic heterocycles. The van der Waals surface area contributed by atoms with Crippen LogP contribution in [0.1, 0.15) is 48.2 Å². The van der Waals surface area contributed by atoms with Crippen molar-refractivity contribution in [2.24, 2.45) is 0 Å². The first kappa shape index (κ1) is 22.1. The Morgan fingerprint density at radius 3 is 2.34 bits per heavy atom. The van der Waals surface area contributed by atoms with Crippen LogP contribution < -0.4 is 10.6 Å². The molecule has 5 nitrogen and oxygen atoms in total. The van der Waals surface area contributed by atoms with Crippen LogP contribution in [0.3, 0.4) is 0 Å². The van der Waals surface area contributed by atoms with Crippen LogP contribution in [0.15, 0.2) is 81.3 Å². The third kappa shape index (κ3) is 5.77. The van der Waals surface area contributed by atoms with E-state index in [1.807, 2.05) is 36.4 Å². The van der Waals surface area contributed by atoms with Crippen LogP contribution in [0.4, 0.5) is 0 Å². The number of hydrogen-bond acceptors (Lipinski definition) is 3. The van der Waals surface area contributed by atoms with Gasteiger partial charge in [-0.2, -0.15) is 0 Å². The van der Waals surface area contributed by atoms with E-state index in [-0.39, 0.29) is 23.6 Å². The monoisotopic (exact) mass is 492 g/mol. The fraction of sp³-hybridized carbons (Fsp3) is 0.231. The molecular weight excluding hydrogens is 468 g/mol. The molecular formula is C26H25BrN2O3. The zero-order chi connectivity index (χ0) is 22.3. The molecule has 0 radical (unpaired) electrons.